The highest BCUT2D eigenvalue weighted by Crippen LogP contribution is 2.17. The Bertz CT molecular complexity index is 537. The molecule has 1 fully saturated rings. The number of β-amino-alcohol motifs (C(OH)–C–C–N with tert-alkyl or cyclic N) is 1. The third-order valence-corrected chi connectivity index (χ3v) is 3.45. The molecule has 0 spiro atoms. The molecule has 1 aliphatic rings. The first-order chi connectivity index (χ1) is 9.97. The van der Waals surface area contributed by atoms with Crippen LogP contribution in [0, 0.1) is 5.82 Å². The maximum atomic E-state index is 13.4. The smallest absolute Gasteiger partial charge is 0.321 e. The highest BCUT2D eigenvalue weighted by atomic mass is 19.1. The maximum Gasteiger partial charge on any atom is 0.321 e. The van der Waals surface area contributed by atoms with E-state index in [0.717, 1.165) is 0 Å². The first kappa shape index (κ1) is 15.4. The Morgan fingerprint density at radius 3 is 2.76 bits per heavy atom. The van der Waals surface area contributed by atoms with Gasteiger partial charge in [-0.15, -0.1) is 0 Å². The highest BCUT2D eigenvalue weighted by molar-refractivity contribution is 5.80. The molecule has 6 nitrogen and oxygen atoms in total. The quantitative estimate of drug-likeness (QED) is 0.709. The fourth-order valence-electron chi connectivity index (χ4n) is 2.39. The first-order valence-electron chi connectivity index (χ1n) is 6.62. The third kappa shape index (κ3) is 3.99. The summed E-state index contributed by atoms with van der Waals surface area (Å²) in [4.78, 5) is 24.2. The van der Waals surface area contributed by atoms with Crippen molar-refractivity contribution in [2.24, 2.45) is 0 Å². The van der Waals surface area contributed by atoms with Crippen LogP contribution in [0.2, 0.25) is 0 Å². The SMILES string of the molecule is O=C(CN1CC(O)CC1C(=O)O)NCc1ccccc1F. The van der Waals surface area contributed by atoms with E-state index < -0.39 is 29.8 Å². The van der Waals surface area contributed by atoms with Gasteiger partial charge in [-0.3, -0.25) is 14.5 Å². The number of benzene rings is 1. The van der Waals surface area contributed by atoms with Crippen LogP contribution >= 0.6 is 0 Å². The number of aliphatic hydroxyl groups is 1. The second-order valence-corrected chi connectivity index (χ2v) is 5.04. The Hall–Kier alpha value is -1.99. The van der Waals surface area contributed by atoms with Crippen LogP contribution in [0.3, 0.4) is 0 Å². The van der Waals surface area contributed by atoms with E-state index in [-0.39, 0.29) is 26.1 Å². The van der Waals surface area contributed by atoms with Crippen LogP contribution in [0.4, 0.5) is 4.39 Å². The normalized spacial score (nSPS) is 22.2. The number of likely N-dealkylation sites (tertiary alicyclic amines) is 1. The van der Waals surface area contributed by atoms with E-state index >= 15 is 0 Å². The van der Waals surface area contributed by atoms with E-state index in [1.54, 1.807) is 18.2 Å². The Morgan fingerprint density at radius 1 is 1.38 bits per heavy atom. The zero-order valence-corrected chi connectivity index (χ0v) is 11.3. The van der Waals surface area contributed by atoms with E-state index in [2.05, 4.69) is 5.32 Å². The number of carboxylic acid groups (broad SMARTS) is 1. The lowest BCUT2D eigenvalue weighted by Gasteiger charge is -2.20. The molecule has 2 atom stereocenters. The van der Waals surface area contributed by atoms with Crippen molar-refractivity contribution < 1.29 is 24.2 Å². The number of carbonyl (C=O) groups excluding carboxylic acids is 1. The number of hydrogen-bond donors (Lipinski definition) is 3. The molecular formula is C14H17FN2O4. The number of nitrogens with one attached hydrogen (secondary N) is 1. The summed E-state index contributed by atoms with van der Waals surface area (Å²) in [5, 5.41) is 21.1. The number of aliphatic hydroxyl groups excluding tert-OH is 1. The summed E-state index contributed by atoms with van der Waals surface area (Å²) >= 11 is 0. The summed E-state index contributed by atoms with van der Waals surface area (Å²) in [5.41, 5.74) is 0.363. The Morgan fingerprint density at radius 2 is 2.10 bits per heavy atom. The number of amides is 1. The van der Waals surface area contributed by atoms with Gasteiger partial charge < -0.3 is 15.5 Å². The third-order valence-electron chi connectivity index (χ3n) is 3.45. The summed E-state index contributed by atoms with van der Waals surface area (Å²) < 4.78 is 13.4. The molecule has 1 heterocycles. The molecule has 7 heteroatoms. The van der Waals surface area contributed by atoms with E-state index in [1.807, 2.05) is 0 Å². The Labute approximate surface area is 121 Å². The van der Waals surface area contributed by atoms with Crippen molar-refractivity contribution in [3.63, 3.8) is 0 Å². The average molecular weight is 296 g/mol. The van der Waals surface area contributed by atoms with Gasteiger partial charge >= 0.3 is 5.97 Å². The minimum absolute atomic E-state index is 0.0413. The van der Waals surface area contributed by atoms with Gasteiger partial charge in [0.2, 0.25) is 5.91 Å². The molecule has 114 valence electrons. The molecule has 1 saturated heterocycles. The van der Waals surface area contributed by atoms with Crippen LogP contribution in [0.15, 0.2) is 24.3 Å². The van der Waals surface area contributed by atoms with Gasteiger partial charge in [-0.2, -0.15) is 0 Å². The summed E-state index contributed by atoms with van der Waals surface area (Å²) in [6.45, 7) is 0.0478. The van der Waals surface area contributed by atoms with Gasteiger partial charge in [-0.05, 0) is 6.07 Å². The number of aliphatic carboxylic acids is 1. The lowest BCUT2D eigenvalue weighted by Crippen LogP contribution is -2.43. The van der Waals surface area contributed by atoms with Gasteiger partial charge in [-0.25, -0.2) is 4.39 Å². The van der Waals surface area contributed by atoms with Crippen molar-refractivity contribution in [2.75, 3.05) is 13.1 Å². The topological polar surface area (TPSA) is 89.9 Å². The molecule has 0 saturated carbocycles. The van der Waals surface area contributed by atoms with Crippen molar-refractivity contribution in [1.29, 1.82) is 0 Å². The molecule has 0 bridgehead atoms. The van der Waals surface area contributed by atoms with Crippen molar-refractivity contribution in [1.82, 2.24) is 10.2 Å². The van der Waals surface area contributed by atoms with Crippen LogP contribution in [0.1, 0.15) is 12.0 Å². The van der Waals surface area contributed by atoms with Gasteiger partial charge in [0.05, 0.1) is 12.6 Å². The number of halogens is 1. The molecule has 1 aromatic rings. The van der Waals surface area contributed by atoms with Crippen LogP contribution in [-0.4, -0.2) is 52.2 Å². The monoisotopic (exact) mass is 296 g/mol. The van der Waals surface area contributed by atoms with Crippen molar-refractivity contribution in [3.05, 3.63) is 35.6 Å². The molecule has 0 aliphatic carbocycles. The predicted octanol–water partition coefficient (Wildman–Crippen LogP) is -0.0383. The molecule has 1 aromatic carbocycles. The van der Waals surface area contributed by atoms with Gasteiger partial charge in [0.15, 0.2) is 0 Å². The zero-order chi connectivity index (χ0) is 15.4. The molecule has 2 rings (SSSR count). The number of carbonyl (C=O) groups is 2. The second-order valence-electron chi connectivity index (χ2n) is 5.04. The number of nitrogens with zero attached hydrogens (tertiary/aromatic N) is 1. The molecule has 0 aromatic heterocycles. The van der Waals surface area contributed by atoms with Crippen LogP contribution in [-0.2, 0) is 16.1 Å². The summed E-state index contributed by atoms with van der Waals surface area (Å²) in [6.07, 6.45) is -0.638. The van der Waals surface area contributed by atoms with Gasteiger partial charge in [-0.1, -0.05) is 18.2 Å². The fourth-order valence-corrected chi connectivity index (χ4v) is 2.39. The molecule has 3 N–H and O–H groups in total. The molecule has 1 aliphatic heterocycles. The number of hydrogen-bond acceptors (Lipinski definition) is 4. The Kier molecular flexibility index (Phi) is 4.87. The standard InChI is InChI=1S/C14H17FN2O4/c15-11-4-2-1-3-9(11)6-16-13(19)8-17-7-10(18)5-12(17)14(20)21/h1-4,10,12,18H,5-8H2,(H,16,19)(H,20,21). The molecular weight excluding hydrogens is 279 g/mol. The number of carboxylic acids is 1. The van der Waals surface area contributed by atoms with E-state index in [1.165, 1.54) is 11.0 Å². The minimum Gasteiger partial charge on any atom is -0.480 e. The number of rotatable bonds is 5. The average Bonchev–Trinajstić information content (AvgIpc) is 2.79. The van der Waals surface area contributed by atoms with E-state index in [4.69, 9.17) is 5.11 Å². The maximum absolute atomic E-state index is 13.4. The molecule has 2 unspecified atom stereocenters. The summed E-state index contributed by atoms with van der Waals surface area (Å²) in [5.74, 6) is -1.87. The lowest BCUT2D eigenvalue weighted by molar-refractivity contribution is -0.142. The fraction of sp³-hybridized carbons (Fsp3) is 0.429. The Balaban J connectivity index is 1.87. The second kappa shape index (κ2) is 6.64. The largest absolute Gasteiger partial charge is 0.480 e. The predicted molar refractivity (Wildman–Crippen MR) is 71.9 cm³/mol. The van der Waals surface area contributed by atoms with Crippen LogP contribution in [0.5, 0.6) is 0 Å². The summed E-state index contributed by atoms with van der Waals surface area (Å²) in [6, 6.07) is 5.24. The first-order valence-corrected chi connectivity index (χ1v) is 6.62. The van der Waals surface area contributed by atoms with Crippen molar-refractivity contribution in [2.45, 2.75) is 25.1 Å². The van der Waals surface area contributed by atoms with Crippen molar-refractivity contribution in [3.8, 4) is 0 Å². The van der Waals surface area contributed by atoms with Gasteiger partial charge in [0.25, 0.3) is 0 Å². The highest BCUT2D eigenvalue weighted by Gasteiger charge is 2.36. The van der Waals surface area contributed by atoms with Crippen LogP contribution < -0.4 is 5.32 Å². The van der Waals surface area contributed by atoms with Gasteiger partial charge in [0.1, 0.15) is 11.9 Å². The van der Waals surface area contributed by atoms with Gasteiger partial charge in [0, 0.05) is 25.1 Å². The van der Waals surface area contributed by atoms with Crippen LogP contribution in [0.25, 0.3) is 0 Å². The molecule has 1 amide bonds. The van der Waals surface area contributed by atoms with E-state index in [9.17, 15) is 19.1 Å². The lowest BCUT2D eigenvalue weighted by atomic mass is 10.2. The zero-order valence-electron chi connectivity index (χ0n) is 11.3. The minimum atomic E-state index is -1.06. The van der Waals surface area contributed by atoms with E-state index in [0.29, 0.717) is 5.56 Å². The molecule has 0 radical (unpaired) electrons. The molecule has 21 heavy (non-hydrogen) atoms. The van der Waals surface area contributed by atoms with Crippen molar-refractivity contribution >= 4 is 11.9 Å². The summed E-state index contributed by atoms with van der Waals surface area (Å²) in [7, 11) is 0.